The van der Waals surface area contributed by atoms with Crippen LogP contribution in [0.25, 0.3) is 0 Å². The molecule has 2 rings (SSSR count). The monoisotopic (exact) mass is 206 g/mol. The van der Waals surface area contributed by atoms with E-state index < -0.39 is 0 Å². The maximum absolute atomic E-state index is 11.2. The Morgan fingerprint density at radius 2 is 2.00 bits per heavy atom. The quantitative estimate of drug-likeness (QED) is 0.686. The van der Waals surface area contributed by atoms with Gasteiger partial charge in [0, 0.05) is 19.1 Å². The van der Waals surface area contributed by atoms with Gasteiger partial charge in [-0.1, -0.05) is 0 Å². The van der Waals surface area contributed by atoms with Gasteiger partial charge in [-0.2, -0.15) is 0 Å². The zero-order valence-corrected chi connectivity index (χ0v) is 9.04. The van der Waals surface area contributed by atoms with Crippen molar-refractivity contribution < 1.29 is 4.79 Å². The summed E-state index contributed by atoms with van der Waals surface area (Å²) in [5.41, 5.74) is 0. The van der Waals surface area contributed by atoms with E-state index in [1.54, 1.807) is 4.90 Å². The molecule has 1 N–H and O–H groups in total. The molecule has 82 valence electrons. The average molecular weight is 206 g/mol. The lowest BCUT2D eigenvalue weighted by Gasteiger charge is -2.31. The molecule has 2 aliphatic rings. The van der Waals surface area contributed by atoms with Crippen molar-refractivity contribution in [3.63, 3.8) is 0 Å². The Kier molecular flexibility index (Phi) is 3.27. The van der Waals surface area contributed by atoms with E-state index in [-0.39, 0.29) is 5.91 Å². The van der Waals surface area contributed by atoms with E-state index in [1.165, 1.54) is 12.8 Å². The highest BCUT2D eigenvalue weighted by Gasteiger charge is 2.25. The Bertz CT molecular complexity index is 270. The first-order valence-electron chi connectivity index (χ1n) is 5.78. The SMILES string of the molecule is C#CC(=O)N1CCC(NCC2CC2)CC1. The number of rotatable bonds is 3. The summed E-state index contributed by atoms with van der Waals surface area (Å²) in [4.78, 5) is 13.0. The summed E-state index contributed by atoms with van der Waals surface area (Å²) in [6.45, 7) is 2.78. The van der Waals surface area contributed by atoms with Gasteiger partial charge in [-0.15, -0.1) is 6.42 Å². The average Bonchev–Trinajstić information content (AvgIpc) is 3.10. The zero-order valence-electron chi connectivity index (χ0n) is 9.04. The molecule has 0 aromatic rings. The van der Waals surface area contributed by atoms with Crippen LogP contribution >= 0.6 is 0 Å². The standard InChI is InChI=1S/C12H18N2O/c1-2-12(15)14-7-5-11(6-8-14)13-9-10-3-4-10/h1,10-11,13H,3-9H2. The molecule has 0 atom stereocenters. The molecule has 1 aliphatic heterocycles. The maximum Gasteiger partial charge on any atom is 0.298 e. The molecule has 2 fully saturated rings. The fraction of sp³-hybridized carbons (Fsp3) is 0.750. The van der Waals surface area contributed by atoms with Crippen molar-refractivity contribution in [2.75, 3.05) is 19.6 Å². The third kappa shape index (κ3) is 2.97. The van der Waals surface area contributed by atoms with Crippen molar-refractivity contribution in [3.8, 4) is 12.3 Å². The first-order valence-corrected chi connectivity index (χ1v) is 5.78. The number of hydrogen-bond acceptors (Lipinski definition) is 2. The minimum atomic E-state index is -0.157. The molecular formula is C12H18N2O. The summed E-state index contributed by atoms with van der Waals surface area (Å²) in [6.07, 6.45) is 9.95. The summed E-state index contributed by atoms with van der Waals surface area (Å²) >= 11 is 0. The van der Waals surface area contributed by atoms with E-state index in [2.05, 4.69) is 11.2 Å². The highest BCUT2D eigenvalue weighted by atomic mass is 16.2. The maximum atomic E-state index is 11.2. The van der Waals surface area contributed by atoms with Crippen LogP contribution in [0.5, 0.6) is 0 Å². The van der Waals surface area contributed by atoms with Gasteiger partial charge in [-0.25, -0.2) is 0 Å². The van der Waals surface area contributed by atoms with E-state index in [0.29, 0.717) is 6.04 Å². The zero-order chi connectivity index (χ0) is 10.7. The van der Waals surface area contributed by atoms with Crippen LogP contribution in [0, 0.1) is 18.3 Å². The number of likely N-dealkylation sites (tertiary alicyclic amines) is 1. The van der Waals surface area contributed by atoms with Crippen molar-refractivity contribution >= 4 is 5.91 Å². The van der Waals surface area contributed by atoms with E-state index in [9.17, 15) is 4.79 Å². The minimum absolute atomic E-state index is 0.157. The molecule has 0 aromatic heterocycles. The van der Waals surface area contributed by atoms with Gasteiger partial charge in [-0.05, 0) is 44.1 Å². The normalized spacial score (nSPS) is 22.5. The number of terminal acetylenes is 1. The molecule has 3 heteroatoms. The fourth-order valence-electron chi connectivity index (χ4n) is 2.03. The Morgan fingerprint density at radius 3 is 2.53 bits per heavy atom. The number of hydrogen-bond donors (Lipinski definition) is 1. The molecule has 0 radical (unpaired) electrons. The molecule has 0 unspecified atom stereocenters. The Labute approximate surface area is 91.2 Å². The fourth-order valence-corrected chi connectivity index (χ4v) is 2.03. The van der Waals surface area contributed by atoms with Crippen LogP contribution in [0.2, 0.25) is 0 Å². The molecule has 0 bridgehead atoms. The number of nitrogens with zero attached hydrogens (tertiary/aromatic N) is 1. The van der Waals surface area contributed by atoms with E-state index >= 15 is 0 Å². The van der Waals surface area contributed by atoms with Crippen molar-refractivity contribution in [2.24, 2.45) is 5.92 Å². The van der Waals surface area contributed by atoms with Gasteiger partial charge in [0.05, 0.1) is 0 Å². The highest BCUT2D eigenvalue weighted by molar-refractivity contribution is 5.92. The van der Waals surface area contributed by atoms with Crippen LogP contribution in [0.15, 0.2) is 0 Å². The Balaban J connectivity index is 1.67. The Morgan fingerprint density at radius 1 is 1.33 bits per heavy atom. The largest absolute Gasteiger partial charge is 0.332 e. The number of piperidine rings is 1. The lowest BCUT2D eigenvalue weighted by atomic mass is 10.0. The molecule has 1 amide bonds. The first-order chi connectivity index (χ1) is 7.29. The molecule has 1 heterocycles. The molecule has 3 nitrogen and oxygen atoms in total. The van der Waals surface area contributed by atoms with Gasteiger partial charge in [0.2, 0.25) is 0 Å². The summed E-state index contributed by atoms with van der Waals surface area (Å²) in [5, 5.41) is 3.57. The first kappa shape index (κ1) is 10.5. The van der Waals surface area contributed by atoms with E-state index in [4.69, 9.17) is 6.42 Å². The second kappa shape index (κ2) is 4.67. The summed E-state index contributed by atoms with van der Waals surface area (Å²) in [7, 11) is 0. The lowest BCUT2D eigenvalue weighted by molar-refractivity contribution is -0.126. The van der Waals surface area contributed by atoms with Crippen molar-refractivity contribution in [1.82, 2.24) is 10.2 Å². The molecule has 1 saturated heterocycles. The van der Waals surface area contributed by atoms with Crippen LogP contribution in [0.4, 0.5) is 0 Å². The molecular weight excluding hydrogens is 188 g/mol. The van der Waals surface area contributed by atoms with Crippen LogP contribution in [-0.2, 0) is 4.79 Å². The number of amides is 1. The molecule has 1 saturated carbocycles. The predicted molar refractivity (Wildman–Crippen MR) is 59.2 cm³/mol. The lowest BCUT2D eigenvalue weighted by Crippen LogP contribution is -2.45. The number of carbonyl (C=O) groups is 1. The van der Waals surface area contributed by atoms with Gasteiger partial charge in [-0.3, -0.25) is 4.79 Å². The molecule has 15 heavy (non-hydrogen) atoms. The molecule has 0 aromatic carbocycles. The van der Waals surface area contributed by atoms with Gasteiger partial charge in [0.1, 0.15) is 0 Å². The smallest absolute Gasteiger partial charge is 0.298 e. The summed E-state index contributed by atoms with van der Waals surface area (Å²) in [5.74, 6) is 2.95. The van der Waals surface area contributed by atoms with E-state index in [1.807, 2.05) is 0 Å². The minimum Gasteiger partial charge on any atom is -0.332 e. The third-order valence-corrected chi connectivity index (χ3v) is 3.30. The second-order valence-corrected chi connectivity index (χ2v) is 4.56. The number of nitrogens with one attached hydrogen (secondary N) is 1. The van der Waals surface area contributed by atoms with Crippen LogP contribution in [-0.4, -0.2) is 36.5 Å². The second-order valence-electron chi connectivity index (χ2n) is 4.56. The topological polar surface area (TPSA) is 32.3 Å². The van der Waals surface area contributed by atoms with Crippen molar-refractivity contribution in [1.29, 1.82) is 0 Å². The van der Waals surface area contributed by atoms with Gasteiger partial charge in [0.15, 0.2) is 0 Å². The van der Waals surface area contributed by atoms with Crippen molar-refractivity contribution in [3.05, 3.63) is 0 Å². The van der Waals surface area contributed by atoms with Crippen molar-refractivity contribution in [2.45, 2.75) is 31.7 Å². The van der Waals surface area contributed by atoms with Gasteiger partial charge >= 0.3 is 0 Å². The highest BCUT2D eigenvalue weighted by Crippen LogP contribution is 2.28. The van der Waals surface area contributed by atoms with Gasteiger partial charge in [0.25, 0.3) is 5.91 Å². The van der Waals surface area contributed by atoms with Crippen LogP contribution in [0.1, 0.15) is 25.7 Å². The molecule has 1 aliphatic carbocycles. The third-order valence-electron chi connectivity index (χ3n) is 3.30. The summed E-state index contributed by atoms with van der Waals surface area (Å²) in [6, 6.07) is 0.590. The molecule has 0 spiro atoms. The van der Waals surface area contributed by atoms with Crippen LogP contribution in [0.3, 0.4) is 0 Å². The van der Waals surface area contributed by atoms with Gasteiger partial charge < -0.3 is 10.2 Å². The predicted octanol–water partition coefficient (Wildman–Crippen LogP) is 0.610. The van der Waals surface area contributed by atoms with Crippen LogP contribution < -0.4 is 5.32 Å². The summed E-state index contributed by atoms with van der Waals surface area (Å²) < 4.78 is 0. The number of carbonyl (C=O) groups excluding carboxylic acids is 1. The van der Waals surface area contributed by atoms with E-state index in [0.717, 1.165) is 38.4 Å². The Hall–Kier alpha value is -1.01.